The highest BCUT2D eigenvalue weighted by Crippen LogP contribution is 2.26. The molecule has 0 spiro atoms. The minimum atomic E-state index is -0.0329. The lowest BCUT2D eigenvalue weighted by atomic mass is 10.1. The molecule has 1 aromatic heterocycles. The quantitative estimate of drug-likeness (QED) is 0.678. The molecule has 0 fully saturated rings. The zero-order valence-corrected chi connectivity index (χ0v) is 8.55. The van der Waals surface area contributed by atoms with Crippen LogP contribution in [0.15, 0.2) is 16.5 Å². The number of Topliss-reactive ketones (excluding diaryl/α,β-unsaturated/α-hetero) is 1. The van der Waals surface area contributed by atoms with E-state index in [-0.39, 0.29) is 5.78 Å². The van der Waals surface area contributed by atoms with Gasteiger partial charge in [0, 0.05) is 12.5 Å². The Balaban J connectivity index is 2.77. The van der Waals surface area contributed by atoms with Crippen LogP contribution in [0.4, 0.5) is 0 Å². The van der Waals surface area contributed by atoms with Crippen molar-refractivity contribution in [1.29, 1.82) is 0 Å². The second kappa shape index (κ2) is 3.10. The molecule has 0 aliphatic heterocycles. The summed E-state index contributed by atoms with van der Waals surface area (Å²) in [6.45, 7) is 3.23. The van der Waals surface area contributed by atoms with E-state index in [1.165, 1.54) is 6.92 Å². The Morgan fingerprint density at radius 1 is 1.50 bits per heavy atom. The molecule has 0 amide bonds. The van der Waals surface area contributed by atoms with Gasteiger partial charge in [0.25, 0.3) is 0 Å². The Kier molecular flexibility index (Phi) is 2.04. The first-order chi connectivity index (χ1) is 6.58. The maximum Gasteiger partial charge on any atom is 0.192 e. The molecule has 0 atom stereocenters. The van der Waals surface area contributed by atoms with Gasteiger partial charge in [-0.15, -0.1) is 0 Å². The van der Waals surface area contributed by atoms with Gasteiger partial charge in [-0.25, -0.2) is 4.98 Å². The molecule has 0 aliphatic carbocycles. The van der Waals surface area contributed by atoms with Gasteiger partial charge >= 0.3 is 0 Å². The number of oxazole rings is 1. The van der Waals surface area contributed by atoms with Crippen molar-refractivity contribution in [1.82, 2.24) is 4.98 Å². The average Bonchev–Trinajstić information content (AvgIpc) is 2.45. The van der Waals surface area contributed by atoms with Crippen LogP contribution in [0, 0.1) is 6.92 Å². The normalized spacial score (nSPS) is 10.8. The van der Waals surface area contributed by atoms with E-state index in [0.717, 1.165) is 0 Å². The molecule has 0 N–H and O–H groups in total. The van der Waals surface area contributed by atoms with Crippen LogP contribution in [0.3, 0.4) is 0 Å². The van der Waals surface area contributed by atoms with Crippen molar-refractivity contribution in [2.45, 2.75) is 13.8 Å². The van der Waals surface area contributed by atoms with E-state index in [1.807, 2.05) is 0 Å². The van der Waals surface area contributed by atoms with Gasteiger partial charge in [0.2, 0.25) is 0 Å². The molecular formula is C10H8ClNO2. The fourth-order valence-corrected chi connectivity index (χ4v) is 1.56. The smallest absolute Gasteiger partial charge is 0.192 e. The van der Waals surface area contributed by atoms with E-state index in [1.54, 1.807) is 19.1 Å². The second-order valence-electron chi connectivity index (χ2n) is 3.10. The number of halogens is 1. The van der Waals surface area contributed by atoms with Crippen LogP contribution in [0.2, 0.25) is 5.02 Å². The average molecular weight is 210 g/mol. The lowest BCUT2D eigenvalue weighted by Gasteiger charge is -1.96. The molecule has 0 unspecified atom stereocenters. The topological polar surface area (TPSA) is 43.1 Å². The van der Waals surface area contributed by atoms with Gasteiger partial charge in [0.05, 0.1) is 5.02 Å². The van der Waals surface area contributed by atoms with E-state index >= 15 is 0 Å². The van der Waals surface area contributed by atoms with Gasteiger partial charge in [-0.05, 0) is 19.1 Å². The molecular weight excluding hydrogens is 202 g/mol. The molecule has 0 bridgehead atoms. The molecule has 3 nitrogen and oxygen atoms in total. The van der Waals surface area contributed by atoms with Crippen LogP contribution in [-0.4, -0.2) is 10.8 Å². The van der Waals surface area contributed by atoms with E-state index in [9.17, 15) is 4.79 Å². The van der Waals surface area contributed by atoms with Gasteiger partial charge < -0.3 is 4.42 Å². The van der Waals surface area contributed by atoms with Crippen LogP contribution in [0.5, 0.6) is 0 Å². The number of benzene rings is 1. The summed E-state index contributed by atoms with van der Waals surface area (Å²) >= 11 is 5.93. The van der Waals surface area contributed by atoms with Gasteiger partial charge in [0.15, 0.2) is 17.3 Å². The molecule has 0 saturated carbocycles. The molecule has 2 rings (SSSR count). The van der Waals surface area contributed by atoms with Gasteiger partial charge in [-0.3, -0.25) is 4.79 Å². The zero-order chi connectivity index (χ0) is 10.3. The largest absolute Gasteiger partial charge is 0.439 e. The Bertz CT molecular complexity index is 516. The highest BCUT2D eigenvalue weighted by Gasteiger charge is 2.10. The van der Waals surface area contributed by atoms with Crippen LogP contribution in [0.1, 0.15) is 23.2 Å². The highest BCUT2D eigenvalue weighted by atomic mass is 35.5. The van der Waals surface area contributed by atoms with Crippen molar-refractivity contribution in [2.24, 2.45) is 0 Å². The van der Waals surface area contributed by atoms with Crippen LogP contribution < -0.4 is 0 Å². The summed E-state index contributed by atoms with van der Waals surface area (Å²) in [5.41, 5.74) is 1.71. The predicted octanol–water partition coefficient (Wildman–Crippen LogP) is 2.99. The molecule has 1 aromatic carbocycles. The summed E-state index contributed by atoms with van der Waals surface area (Å²) in [4.78, 5) is 15.2. The SMILES string of the molecule is CC(=O)c1cc(Cl)c2oc(C)nc2c1. The van der Waals surface area contributed by atoms with E-state index < -0.39 is 0 Å². The van der Waals surface area contributed by atoms with Gasteiger partial charge in [-0.1, -0.05) is 11.6 Å². The zero-order valence-electron chi connectivity index (χ0n) is 7.80. The lowest BCUT2D eigenvalue weighted by Crippen LogP contribution is -1.91. The molecule has 0 radical (unpaired) electrons. The third-order valence-electron chi connectivity index (χ3n) is 1.96. The van der Waals surface area contributed by atoms with Crippen LogP contribution in [-0.2, 0) is 0 Å². The van der Waals surface area contributed by atoms with Gasteiger partial charge in [-0.2, -0.15) is 0 Å². The van der Waals surface area contributed by atoms with Crippen molar-refractivity contribution in [2.75, 3.05) is 0 Å². The molecule has 72 valence electrons. The second-order valence-corrected chi connectivity index (χ2v) is 3.50. The van der Waals surface area contributed by atoms with Crippen LogP contribution >= 0.6 is 11.6 Å². The minimum Gasteiger partial charge on any atom is -0.439 e. The maximum atomic E-state index is 11.1. The van der Waals surface area contributed by atoms with Crippen molar-refractivity contribution in [3.63, 3.8) is 0 Å². The molecule has 14 heavy (non-hydrogen) atoms. The number of hydrogen-bond donors (Lipinski definition) is 0. The Morgan fingerprint density at radius 3 is 2.86 bits per heavy atom. The molecule has 1 heterocycles. The number of ketones is 1. The third-order valence-corrected chi connectivity index (χ3v) is 2.24. The van der Waals surface area contributed by atoms with E-state index in [0.29, 0.717) is 27.6 Å². The first kappa shape index (κ1) is 9.21. The van der Waals surface area contributed by atoms with Gasteiger partial charge in [0.1, 0.15) is 5.52 Å². The summed E-state index contributed by atoms with van der Waals surface area (Å²) in [6.07, 6.45) is 0. The molecule has 0 saturated heterocycles. The summed E-state index contributed by atoms with van der Waals surface area (Å²) in [6, 6.07) is 3.27. The number of carbonyl (C=O) groups is 1. The highest BCUT2D eigenvalue weighted by molar-refractivity contribution is 6.35. The molecule has 2 aromatic rings. The summed E-state index contributed by atoms with van der Waals surface area (Å²) in [5, 5.41) is 0.424. The summed E-state index contributed by atoms with van der Waals surface area (Å²) in [5.74, 6) is 0.511. The number of carbonyl (C=O) groups excluding carboxylic acids is 1. The minimum absolute atomic E-state index is 0.0329. The van der Waals surface area contributed by atoms with E-state index in [2.05, 4.69) is 4.98 Å². The number of rotatable bonds is 1. The standard InChI is InChI=1S/C10H8ClNO2/c1-5(13)7-3-8(11)10-9(4-7)12-6(2)14-10/h3-4H,1-2H3. The molecule has 0 aliphatic rings. The first-order valence-corrected chi connectivity index (χ1v) is 4.53. The number of aryl methyl sites for hydroxylation is 1. The number of fused-ring (bicyclic) bond motifs is 1. The van der Waals surface area contributed by atoms with Crippen molar-refractivity contribution < 1.29 is 9.21 Å². The summed E-state index contributed by atoms with van der Waals surface area (Å²) in [7, 11) is 0. The van der Waals surface area contributed by atoms with E-state index in [4.69, 9.17) is 16.0 Å². The molecule has 4 heteroatoms. The summed E-state index contributed by atoms with van der Waals surface area (Å²) < 4.78 is 5.28. The first-order valence-electron chi connectivity index (χ1n) is 4.15. The number of nitrogens with zero attached hydrogens (tertiary/aromatic N) is 1. The maximum absolute atomic E-state index is 11.1. The third kappa shape index (κ3) is 1.40. The van der Waals surface area contributed by atoms with Crippen LogP contribution in [0.25, 0.3) is 11.1 Å². The number of hydrogen-bond acceptors (Lipinski definition) is 3. The fraction of sp³-hybridized carbons (Fsp3) is 0.200. The monoisotopic (exact) mass is 209 g/mol. The van der Waals surface area contributed by atoms with Crippen molar-refractivity contribution >= 4 is 28.5 Å². The Hall–Kier alpha value is -1.35. The van der Waals surface area contributed by atoms with Crippen molar-refractivity contribution in [3.05, 3.63) is 28.6 Å². The lowest BCUT2D eigenvalue weighted by molar-refractivity contribution is 0.101. The Labute approximate surface area is 85.7 Å². The Morgan fingerprint density at radius 2 is 2.21 bits per heavy atom. The predicted molar refractivity (Wildman–Crippen MR) is 53.8 cm³/mol. The fourth-order valence-electron chi connectivity index (χ4n) is 1.31. The van der Waals surface area contributed by atoms with Crippen molar-refractivity contribution in [3.8, 4) is 0 Å². The number of aromatic nitrogens is 1.